The number of alkyl halides is 3. The smallest absolute Gasteiger partial charge is 0.436 e. The van der Waals surface area contributed by atoms with Crippen LogP contribution in [0, 0.1) is 6.92 Å². The van der Waals surface area contributed by atoms with Gasteiger partial charge in [0.15, 0.2) is 5.69 Å². The molecule has 2 N–H and O–H groups in total. The van der Waals surface area contributed by atoms with Gasteiger partial charge in [0.2, 0.25) is 5.91 Å². The van der Waals surface area contributed by atoms with Crippen LogP contribution in [0.5, 0.6) is 5.75 Å². The number of carbonyl (C=O) groups excluding carboxylic acids is 1. The minimum Gasteiger partial charge on any atom is -0.508 e. The first kappa shape index (κ1) is 20.5. The first-order valence-electron chi connectivity index (χ1n) is 8.95. The third-order valence-electron chi connectivity index (χ3n) is 4.73. The summed E-state index contributed by atoms with van der Waals surface area (Å²) in [5.41, 5.74) is 0.906. The SMILES string of the molecule is Cc1cc(O)c(C(C)C)cc1NC(=O)Cn1nc(C(F)(F)F)c(Cl)c1C1CC1. The second-order valence-electron chi connectivity index (χ2n) is 7.41. The number of aromatic nitrogens is 2. The molecule has 0 saturated heterocycles. The number of aromatic hydroxyl groups is 1. The van der Waals surface area contributed by atoms with Gasteiger partial charge >= 0.3 is 6.18 Å². The Kier molecular flexibility index (Phi) is 5.36. The lowest BCUT2D eigenvalue weighted by atomic mass is 9.99. The summed E-state index contributed by atoms with van der Waals surface area (Å²) in [5, 5.41) is 15.9. The second kappa shape index (κ2) is 7.31. The van der Waals surface area contributed by atoms with Crippen molar-refractivity contribution in [2.45, 2.75) is 58.2 Å². The van der Waals surface area contributed by atoms with Gasteiger partial charge in [-0.2, -0.15) is 18.3 Å². The van der Waals surface area contributed by atoms with Crippen LogP contribution in [0.15, 0.2) is 12.1 Å². The zero-order valence-corrected chi connectivity index (χ0v) is 16.4. The van der Waals surface area contributed by atoms with Gasteiger partial charge in [-0.25, -0.2) is 0 Å². The Morgan fingerprint density at radius 1 is 1.39 bits per heavy atom. The summed E-state index contributed by atoms with van der Waals surface area (Å²) in [6, 6.07) is 3.22. The van der Waals surface area contributed by atoms with Gasteiger partial charge in [0, 0.05) is 11.6 Å². The number of nitrogens with one attached hydrogen (secondary N) is 1. The van der Waals surface area contributed by atoms with Crippen molar-refractivity contribution in [3.05, 3.63) is 39.7 Å². The largest absolute Gasteiger partial charge is 0.508 e. The number of phenolic OH excluding ortho intramolecular Hbond substituents is 1. The molecule has 1 aromatic heterocycles. The molecule has 0 bridgehead atoms. The number of benzene rings is 1. The minimum absolute atomic E-state index is 0.0389. The van der Waals surface area contributed by atoms with E-state index in [4.69, 9.17) is 11.6 Å². The van der Waals surface area contributed by atoms with Crippen molar-refractivity contribution in [3.63, 3.8) is 0 Å². The summed E-state index contributed by atoms with van der Waals surface area (Å²) in [5.74, 6) is -0.447. The van der Waals surface area contributed by atoms with Crippen molar-refractivity contribution in [3.8, 4) is 5.75 Å². The number of rotatable bonds is 5. The predicted molar refractivity (Wildman–Crippen MR) is 99.8 cm³/mol. The van der Waals surface area contributed by atoms with Gasteiger partial charge in [-0.3, -0.25) is 9.48 Å². The van der Waals surface area contributed by atoms with Gasteiger partial charge < -0.3 is 10.4 Å². The number of halogens is 4. The number of hydrogen-bond donors (Lipinski definition) is 2. The van der Waals surface area contributed by atoms with Crippen LogP contribution in [0.25, 0.3) is 0 Å². The highest BCUT2D eigenvalue weighted by Crippen LogP contribution is 2.46. The van der Waals surface area contributed by atoms with Crippen molar-refractivity contribution >= 4 is 23.2 Å². The van der Waals surface area contributed by atoms with Crippen LogP contribution >= 0.6 is 11.6 Å². The quantitative estimate of drug-likeness (QED) is 0.659. The van der Waals surface area contributed by atoms with Crippen molar-refractivity contribution in [2.24, 2.45) is 0 Å². The van der Waals surface area contributed by atoms with E-state index in [0.29, 0.717) is 16.8 Å². The summed E-state index contributed by atoms with van der Waals surface area (Å²) < 4.78 is 40.5. The second-order valence-corrected chi connectivity index (χ2v) is 7.78. The summed E-state index contributed by atoms with van der Waals surface area (Å²) >= 11 is 5.93. The van der Waals surface area contributed by atoms with Crippen molar-refractivity contribution in [1.82, 2.24) is 9.78 Å². The Morgan fingerprint density at radius 3 is 2.57 bits per heavy atom. The molecule has 1 amide bonds. The highest BCUT2D eigenvalue weighted by atomic mass is 35.5. The fraction of sp³-hybridized carbons (Fsp3) is 0.474. The molecule has 0 aliphatic heterocycles. The van der Waals surface area contributed by atoms with E-state index in [2.05, 4.69) is 10.4 Å². The molecule has 1 fully saturated rings. The van der Waals surface area contributed by atoms with Crippen LogP contribution in [0.4, 0.5) is 18.9 Å². The van der Waals surface area contributed by atoms with Crippen molar-refractivity contribution in [1.29, 1.82) is 0 Å². The molecule has 9 heteroatoms. The summed E-state index contributed by atoms with van der Waals surface area (Å²) in [6.07, 6.45) is -3.24. The maximum absolute atomic E-state index is 13.1. The van der Waals surface area contributed by atoms with E-state index in [1.807, 2.05) is 13.8 Å². The van der Waals surface area contributed by atoms with E-state index in [0.717, 1.165) is 17.5 Å². The fourth-order valence-corrected chi connectivity index (χ4v) is 3.53. The Bertz CT molecular complexity index is 918. The van der Waals surface area contributed by atoms with Gasteiger partial charge in [0.1, 0.15) is 12.3 Å². The first-order valence-corrected chi connectivity index (χ1v) is 9.33. The molecule has 1 aliphatic carbocycles. The predicted octanol–water partition coefficient (Wildman–Crippen LogP) is 5.21. The maximum atomic E-state index is 13.1. The molecule has 1 aliphatic rings. The first-order chi connectivity index (χ1) is 13.0. The summed E-state index contributed by atoms with van der Waals surface area (Å²) in [6.45, 7) is 5.16. The highest BCUT2D eigenvalue weighted by Gasteiger charge is 2.42. The molecular formula is C19H21ClF3N3O2. The zero-order valence-electron chi connectivity index (χ0n) is 15.7. The van der Waals surface area contributed by atoms with E-state index < -0.39 is 22.8 Å². The lowest BCUT2D eigenvalue weighted by molar-refractivity contribution is -0.141. The molecule has 2 aromatic rings. The number of phenols is 1. The molecule has 0 spiro atoms. The number of hydrogen-bond acceptors (Lipinski definition) is 3. The molecule has 28 heavy (non-hydrogen) atoms. The molecule has 1 aromatic carbocycles. The molecule has 3 rings (SSSR count). The standard InChI is InChI=1S/C19H21ClF3N3O2/c1-9(2)12-7-13(10(3)6-14(12)27)24-15(28)8-26-17(11-4-5-11)16(20)18(25-26)19(21,22)23/h6-7,9,11,27H,4-5,8H2,1-3H3,(H,24,28). The Hall–Kier alpha value is -2.22. The summed E-state index contributed by atoms with van der Waals surface area (Å²) in [4.78, 5) is 12.5. The van der Waals surface area contributed by atoms with E-state index in [-0.39, 0.29) is 29.8 Å². The van der Waals surface area contributed by atoms with Crippen LogP contribution in [0.1, 0.15) is 61.0 Å². The number of anilines is 1. The van der Waals surface area contributed by atoms with Crippen LogP contribution in [-0.2, 0) is 17.5 Å². The molecule has 0 radical (unpaired) electrons. The Morgan fingerprint density at radius 2 is 2.04 bits per heavy atom. The lowest BCUT2D eigenvalue weighted by Gasteiger charge is -2.15. The molecule has 1 heterocycles. The summed E-state index contributed by atoms with van der Waals surface area (Å²) in [7, 11) is 0. The average molecular weight is 416 g/mol. The normalized spacial score (nSPS) is 14.6. The number of carbonyl (C=O) groups is 1. The number of aryl methyl sites for hydroxylation is 1. The maximum Gasteiger partial charge on any atom is 0.436 e. The van der Waals surface area contributed by atoms with Crippen LogP contribution in [-0.4, -0.2) is 20.8 Å². The van der Waals surface area contributed by atoms with E-state index in [9.17, 15) is 23.1 Å². The van der Waals surface area contributed by atoms with Crippen LogP contribution in [0.2, 0.25) is 5.02 Å². The molecule has 5 nitrogen and oxygen atoms in total. The van der Waals surface area contributed by atoms with Crippen molar-refractivity contribution < 1.29 is 23.1 Å². The third-order valence-corrected chi connectivity index (χ3v) is 5.10. The Balaban J connectivity index is 1.86. The highest BCUT2D eigenvalue weighted by molar-refractivity contribution is 6.32. The van der Waals surface area contributed by atoms with Gasteiger partial charge in [0.05, 0.1) is 10.7 Å². The minimum atomic E-state index is -4.68. The number of nitrogens with zero attached hydrogens (tertiary/aromatic N) is 2. The van der Waals surface area contributed by atoms with Gasteiger partial charge in [-0.15, -0.1) is 0 Å². The van der Waals surface area contributed by atoms with E-state index in [1.54, 1.807) is 19.1 Å². The lowest BCUT2D eigenvalue weighted by Crippen LogP contribution is -2.22. The molecule has 0 atom stereocenters. The van der Waals surface area contributed by atoms with Crippen molar-refractivity contribution in [2.75, 3.05) is 5.32 Å². The van der Waals surface area contributed by atoms with Gasteiger partial charge in [0.25, 0.3) is 0 Å². The van der Waals surface area contributed by atoms with Crippen LogP contribution < -0.4 is 5.32 Å². The molecule has 0 unspecified atom stereocenters. The van der Waals surface area contributed by atoms with Crippen LogP contribution in [0.3, 0.4) is 0 Å². The number of amides is 1. The molecular weight excluding hydrogens is 395 g/mol. The third kappa shape index (κ3) is 4.11. The van der Waals surface area contributed by atoms with E-state index >= 15 is 0 Å². The monoisotopic (exact) mass is 415 g/mol. The average Bonchev–Trinajstić information content (AvgIpc) is 3.33. The molecule has 1 saturated carbocycles. The zero-order chi connectivity index (χ0) is 20.8. The Labute approximate surface area is 165 Å². The van der Waals surface area contributed by atoms with Gasteiger partial charge in [-0.1, -0.05) is 25.4 Å². The van der Waals surface area contributed by atoms with E-state index in [1.165, 1.54) is 0 Å². The van der Waals surface area contributed by atoms with Gasteiger partial charge in [-0.05, 0) is 48.9 Å². The fourth-order valence-electron chi connectivity index (χ4n) is 3.13. The topological polar surface area (TPSA) is 67.2 Å². The molecule has 152 valence electrons.